The van der Waals surface area contributed by atoms with Crippen molar-refractivity contribution in [1.29, 1.82) is 0 Å². The summed E-state index contributed by atoms with van der Waals surface area (Å²) in [5, 5.41) is 22.5. The molecule has 5 nitrogen and oxygen atoms in total. The lowest BCUT2D eigenvalue weighted by Crippen LogP contribution is -2.16. The van der Waals surface area contributed by atoms with Gasteiger partial charge in [-0.2, -0.15) is 10.9 Å². The van der Waals surface area contributed by atoms with Gasteiger partial charge in [-0.05, 0) is 41.0 Å². The van der Waals surface area contributed by atoms with Crippen LogP contribution in [0.15, 0.2) is 59.5 Å². The fourth-order valence-corrected chi connectivity index (χ4v) is 4.70. The third-order valence-electron chi connectivity index (χ3n) is 4.65. The van der Waals surface area contributed by atoms with Crippen LogP contribution in [-0.4, -0.2) is 31.0 Å². The quantitative estimate of drug-likeness (QED) is 0.544. The molecule has 3 rings (SSSR count). The number of imidazole rings is 1. The highest BCUT2D eigenvalue weighted by Gasteiger charge is 2.20. The molecule has 1 aromatic heterocycles. The Morgan fingerprint density at radius 2 is 1.96 bits per heavy atom. The minimum Gasteiger partial charge on any atom is -0.508 e. The van der Waals surface area contributed by atoms with Crippen molar-refractivity contribution in [2.45, 2.75) is 38.0 Å². The van der Waals surface area contributed by atoms with Gasteiger partial charge in [0.1, 0.15) is 16.8 Å². The average molecular weight is 399 g/mol. The van der Waals surface area contributed by atoms with Gasteiger partial charge >= 0.3 is 5.97 Å². The maximum atomic E-state index is 11.7. The molecule has 0 aliphatic carbocycles. The second-order valence-electron chi connectivity index (χ2n) is 6.73. The molecule has 2 aromatic rings. The van der Waals surface area contributed by atoms with Crippen molar-refractivity contribution in [2.75, 3.05) is 0 Å². The van der Waals surface area contributed by atoms with Crippen molar-refractivity contribution < 1.29 is 15.0 Å². The number of hydrogen-bond donors (Lipinski definition) is 3. The normalized spacial score (nSPS) is 15.5. The van der Waals surface area contributed by atoms with E-state index in [9.17, 15) is 15.0 Å². The predicted molar refractivity (Wildman–Crippen MR) is 116 cm³/mol. The lowest BCUT2D eigenvalue weighted by molar-refractivity contribution is -0.135. The van der Waals surface area contributed by atoms with E-state index in [1.165, 1.54) is 0 Å². The van der Waals surface area contributed by atoms with E-state index < -0.39 is 22.1 Å². The molecule has 6 heteroatoms. The summed E-state index contributed by atoms with van der Waals surface area (Å²) in [5.74, 6) is 0.423. The van der Waals surface area contributed by atoms with E-state index in [0.29, 0.717) is 6.54 Å². The van der Waals surface area contributed by atoms with Crippen LogP contribution < -0.4 is 0 Å². The first-order valence-corrected chi connectivity index (χ1v) is 11.0. The Labute approximate surface area is 168 Å². The number of hydrogen-bond acceptors (Lipinski definition) is 3. The topological polar surface area (TPSA) is 75.3 Å². The van der Waals surface area contributed by atoms with Crippen LogP contribution in [0.2, 0.25) is 0 Å². The standard InChI is InChI=1S/C22H26N2O3S/c1-2-3-6-21-23-15-18(24(21)16-17-7-10-19(25)11-8-17)9-12-20(22(26)27)28-13-4-5-14-28/h4-5,7-15,20,25,28H,2-3,6,16H2,1H3,(H,26,27)/b12-9+. The number of aromatic nitrogens is 2. The zero-order valence-electron chi connectivity index (χ0n) is 15.9. The molecule has 1 aromatic carbocycles. The predicted octanol–water partition coefficient (Wildman–Crippen LogP) is 4.49. The Hall–Kier alpha value is -2.73. The maximum Gasteiger partial charge on any atom is 0.319 e. The molecular formula is C22H26N2O3S. The van der Waals surface area contributed by atoms with Crippen LogP contribution >= 0.6 is 10.9 Å². The van der Waals surface area contributed by atoms with E-state index in [1.807, 2.05) is 47.4 Å². The van der Waals surface area contributed by atoms with E-state index in [-0.39, 0.29) is 5.75 Å². The maximum absolute atomic E-state index is 11.7. The molecule has 0 saturated heterocycles. The van der Waals surface area contributed by atoms with Gasteiger partial charge in [-0.1, -0.05) is 43.7 Å². The second kappa shape index (κ2) is 9.46. The minimum atomic E-state index is -0.813. The monoisotopic (exact) mass is 398 g/mol. The van der Waals surface area contributed by atoms with Gasteiger partial charge < -0.3 is 14.8 Å². The number of carbonyl (C=O) groups is 1. The number of allylic oxidation sites excluding steroid dienone is 2. The minimum absolute atomic E-state index is 0.241. The number of phenols is 1. The van der Waals surface area contributed by atoms with E-state index in [0.717, 1.165) is 36.3 Å². The van der Waals surface area contributed by atoms with Gasteiger partial charge in [-0.25, -0.2) is 4.98 Å². The van der Waals surface area contributed by atoms with Crippen LogP contribution in [-0.2, 0) is 17.8 Å². The van der Waals surface area contributed by atoms with Crippen molar-refractivity contribution >= 4 is 22.9 Å². The van der Waals surface area contributed by atoms with Gasteiger partial charge in [0.15, 0.2) is 0 Å². The number of rotatable bonds is 9. The van der Waals surface area contributed by atoms with Crippen LogP contribution in [0, 0.1) is 0 Å². The Balaban J connectivity index is 1.87. The summed E-state index contributed by atoms with van der Waals surface area (Å²) in [6.45, 7) is 2.78. The van der Waals surface area contributed by atoms with Crippen LogP contribution in [0.1, 0.15) is 36.8 Å². The summed E-state index contributed by atoms with van der Waals surface area (Å²) in [5.41, 5.74) is 1.96. The summed E-state index contributed by atoms with van der Waals surface area (Å²) < 4.78 is 2.13. The van der Waals surface area contributed by atoms with Crippen LogP contribution in [0.3, 0.4) is 0 Å². The fourth-order valence-electron chi connectivity index (χ4n) is 3.10. The molecule has 2 N–H and O–H groups in total. The number of carboxylic acids is 1. The Morgan fingerprint density at radius 1 is 1.25 bits per heavy atom. The summed E-state index contributed by atoms with van der Waals surface area (Å²) in [6.07, 6.45) is 12.3. The van der Waals surface area contributed by atoms with Crippen LogP contribution in [0.25, 0.3) is 6.08 Å². The SMILES string of the molecule is CCCCc1ncc(/C=C/C(C(=O)O)[SH]2C=CC=C2)n1Cc1ccc(O)cc1. The molecule has 1 aliphatic heterocycles. The van der Waals surface area contributed by atoms with Crippen LogP contribution in [0.4, 0.5) is 0 Å². The van der Waals surface area contributed by atoms with E-state index >= 15 is 0 Å². The molecule has 148 valence electrons. The Bertz CT molecular complexity index is 885. The lowest BCUT2D eigenvalue weighted by Gasteiger charge is -2.16. The number of aromatic hydroxyl groups is 1. The van der Waals surface area contributed by atoms with Gasteiger partial charge in [0.05, 0.1) is 11.9 Å². The molecular weight excluding hydrogens is 372 g/mol. The first-order chi connectivity index (χ1) is 13.6. The van der Waals surface area contributed by atoms with Gasteiger partial charge in [0, 0.05) is 13.0 Å². The van der Waals surface area contributed by atoms with Crippen LogP contribution in [0.5, 0.6) is 5.75 Å². The van der Waals surface area contributed by atoms with Gasteiger partial charge in [-0.15, -0.1) is 0 Å². The highest BCUT2D eigenvalue weighted by atomic mass is 32.2. The number of carboxylic acid groups (broad SMARTS) is 1. The molecule has 0 bridgehead atoms. The first kappa shape index (κ1) is 20.0. The molecule has 28 heavy (non-hydrogen) atoms. The molecule has 1 aliphatic rings. The molecule has 0 spiro atoms. The number of unbranched alkanes of at least 4 members (excludes halogenated alkanes) is 1. The highest BCUT2D eigenvalue weighted by Crippen LogP contribution is 2.39. The van der Waals surface area contributed by atoms with Crippen molar-refractivity contribution in [2.24, 2.45) is 0 Å². The fraction of sp³-hybridized carbons (Fsp3) is 0.273. The third kappa shape index (κ3) is 4.95. The van der Waals surface area contributed by atoms with E-state index in [2.05, 4.69) is 16.5 Å². The number of aliphatic carboxylic acids is 1. The van der Waals surface area contributed by atoms with Gasteiger partial charge in [-0.3, -0.25) is 4.79 Å². The largest absolute Gasteiger partial charge is 0.508 e. The molecule has 0 saturated carbocycles. The number of benzene rings is 1. The summed E-state index contributed by atoms with van der Waals surface area (Å²) >= 11 is 0. The van der Waals surface area contributed by atoms with Crippen molar-refractivity contribution in [3.05, 3.63) is 76.6 Å². The van der Waals surface area contributed by atoms with Gasteiger partial charge in [0.25, 0.3) is 0 Å². The number of thiol groups is 1. The van der Waals surface area contributed by atoms with Crippen molar-refractivity contribution in [1.82, 2.24) is 9.55 Å². The average Bonchev–Trinajstić information content (AvgIpc) is 3.33. The van der Waals surface area contributed by atoms with Gasteiger partial charge in [0.2, 0.25) is 0 Å². The summed E-state index contributed by atoms with van der Waals surface area (Å²) in [6, 6.07) is 7.14. The Kier molecular flexibility index (Phi) is 6.76. The summed E-state index contributed by atoms with van der Waals surface area (Å²) in [7, 11) is -0.813. The molecule has 1 atom stereocenters. The zero-order chi connectivity index (χ0) is 19.9. The zero-order valence-corrected chi connectivity index (χ0v) is 16.8. The van der Waals surface area contributed by atoms with Crippen molar-refractivity contribution in [3.8, 4) is 5.75 Å². The molecule has 0 fully saturated rings. The number of nitrogens with zero attached hydrogens (tertiary/aromatic N) is 2. The molecule has 0 amide bonds. The van der Waals surface area contributed by atoms with Crippen molar-refractivity contribution in [3.63, 3.8) is 0 Å². The second-order valence-corrected chi connectivity index (χ2v) is 8.77. The number of aryl methyl sites for hydroxylation is 1. The molecule has 1 unspecified atom stereocenters. The summed E-state index contributed by atoms with van der Waals surface area (Å²) in [4.78, 5) is 16.3. The van der Waals surface area contributed by atoms with E-state index in [4.69, 9.17) is 0 Å². The third-order valence-corrected chi connectivity index (χ3v) is 6.72. The lowest BCUT2D eigenvalue weighted by atomic mass is 10.2. The molecule has 0 radical (unpaired) electrons. The smallest absolute Gasteiger partial charge is 0.319 e. The molecule has 2 heterocycles. The van der Waals surface area contributed by atoms with E-state index in [1.54, 1.807) is 18.2 Å². The highest BCUT2D eigenvalue weighted by molar-refractivity contribution is 8.23. The first-order valence-electron chi connectivity index (χ1n) is 9.44. The Morgan fingerprint density at radius 3 is 2.61 bits per heavy atom. The number of phenolic OH excluding ortho intramolecular Hbond substituents is 1.